The number of anilines is 1. The van der Waals surface area contributed by atoms with Crippen LogP contribution in [0.4, 0.5) is 5.95 Å². The summed E-state index contributed by atoms with van der Waals surface area (Å²) in [5.74, 6) is 1.39. The molecule has 0 radical (unpaired) electrons. The second-order valence-electron chi connectivity index (χ2n) is 5.23. The molecule has 2 N–H and O–H groups in total. The van der Waals surface area contributed by atoms with Crippen molar-refractivity contribution in [3.63, 3.8) is 0 Å². The van der Waals surface area contributed by atoms with E-state index in [2.05, 4.69) is 20.5 Å². The SMILES string of the molecule is CCOc1cccc2c1nc(N)n2CCN1CCCC1. The number of benzene rings is 1. The predicted molar refractivity (Wildman–Crippen MR) is 81.0 cm³/mol. The topological polar surface area (TPSA) is 56.3 Å². The van der Waals surface area contributed by atoms with Gasteiger partial charge >= 0.3 is 0 Å². The number of ether oxygens (including phenoxy) is 1. The van der Waals surface area contributed by atoms with Gasteiger partial charge in [0.25, 0.3) is 0 Å². The zero-order valence-corrected chi connectivity index (χ0v) is 12.0. The number of hydrogen-bond acceptors (Lipinski definition) is 4. The van der Waals surface area contributed by atoms with Gasteiger partial charge in [-0.1, -0.05) is 6.07 Å². The number of nitrogens with two attached hydrogens (primary N) is 1. The molecular formula is C15H22N4O. The Balaban J connectivity index is 1.86. The van der Waals surface area contributed by atoms with Gasteiger partial charge in [-0.2, -0.15) is 0 Å². The van der Waals surface area contributed by atoms with E-state index in [1.807, 2.05) is 19.1 Å². The molecule has 0 amide bonds. The lowest BCUT2D eigenvalue weighted by Gasteiger charge is -2.15. The summed E-state index contributed by atoms with van der Waals surface area (Å²) in [6, 6.07) is 6.01. The molecule has 0 unspecified atom stereocenters. The third-order valence-electron chi connectivity index (χ3n) is 3.91. The summed E-state index contributed by atoms with van der Waals surface area (Å²) in [4.78, 5) is 6.96. The van der Waals surface area contributed by atoms with Crippen LogP contribution in [0.25, 0.3) is 11.0 Å². The fourth-order valence-corrected chi connectivity index (χ4v) is 2.89. The summed E-state index contributed by atoms with van der Waals surface area (Å²) in [5.41, 5.74) is 8.01. The molecule has 2 aromatic rings. The van der Waals surface area contributed by atoms with E-state index in [0.29, 0.717) is 12.6 Å². The molecule has 108 valence electrons. The van der Waals surface area contributed by atoms with Crippen molar-refractivity contribution in [2.24, 2.45) is 0 Å². The van der Waals surface area contributed by atoms with Gasteiger partial charge in [-0.25, -0.2) is 4.98 Å². The molecule has 1 aliphatic rings. The van der Waals surface area contributed by atoms with Crippen molar-refractivity contribution >= 4 is 17.0 Å². The normalized spacial score (nSPS) is 16.1. The van der Waals surface area contributed by atoms with Gasteiger partial charge in [0.05, 0.1) is 12.1 Å². The first kappa shape index (κ1) is 13.2. The maximum atomic E-state index is 6.08. The zero-order valence-electron chi connectivity index (χ0n) is 12.0. The third kappa shape index (κ3) is 2.45. The molecule has 3 rings (SSSR count). The molecule has 1 aliphatic heterocycles. The molecule has 2 heterocycles. The van der Waals surface area contributed by atoms with Crippen LogP contribution in [0.2, 0.25) is 0 Å². The highest BCUT2D eigenvalue weighted by Gasteiger charge is 2.15. The number of fused-ring (bicyclic) bond motifs is 1. The smallest absolute Gasteiger partial charge is 0.201 e. The molecular weight excluding hydrogens is 252 g/mol. The molecule has 1 saturated heterocycles. The van der Waals surface area contributed by atoms with E-state index < -0.39 is 0 Å². The first-order chi connectivity index (χ1) is 9.79. The van der Waals surface area contributed by atoms with Crippen molar-refractivity contribution in [3.05, 3.63) is 18.2 Å². The minimum absolute atomic E-state index is 0.575. The van der Waals surface area contributed by atoms with Crippen LogP contribution in [0.5, 0.6) is 5.75 Å². The lowest BCUT2D eigenvalue weighted by atomic mass is 10.3. The maximum Gasteiger partial charge on any atom is 0.201 e. The van der Waals surface area contributed by atoms with Crippen LogP contribution in [0.1, 0.15) is 19.8 Å². The van der Waals surface area contributed by atoms with Gasteiger partial charge in [0.2, 0.25) is 5.95 Å². The molecule has 5 heteroatoms. The van der Waals surface area contributed by atoms with Crippen LogP contribution in [0.15, 0.2) is 18.2 Å². The number of likely N-dealkylation sites (tertiary alicyclic amines) is 1. The van der Waals surface area contributed by atoms with E-state index in [9.17, 15) is 0 Å². The molecule has 0 bridgehead atoms. The first-order valence-electron chi connectivity index (χ1n) is 7.39. The van der Waals surface area contributed by atoms with Crippen LogP contribution >= 0.6 is 0 Å². The van der Waals surface area contributed by atoms with Gasteiger partial charge < -0.3 is 19.9 Å². The Bertz CT molecular complexity index is 587. The van der Waals surface area contributed by atoms with Crippen molar-refractivity contribution in [2.45, 2.75) is 26.3 Å². The van der Waals surface area contributed by atoms with E-state index in [1.54, 1.807) is 0 Å². The lowest BCUT2D eigenvalue weighted by Crippen LogP contribution is -2.24. The minimum atomic E-state index is 0.575. The molecule has 0 saturated carbocycles. The number of nitrogen functional groups attached to an aromatic ring is 1. The van der Waals surface area contributed by atoms with Gasteiger partial charge in [-0.15, -0.1) is 0 Å². The predicted octanol–water partition coefficient (Wildman–Crippen LogP) is 2.11. The third-order valence-corrected chi connectivity index (χ3v) is 3.91. The van der Waals surface area contributed by atoms with Crippen molar-refractivity contribution in [3.8, 4) is 5.75 Å². The Morgan fingerprint density at radius 3 is 2.80 bits per heavy atom. The number of hydrogen-bond donors (Lipinski definition) is 1. The monoisotopic (exact) mass is 274 g/mol. The van der Waals surface area contributed by atoms with E-state index in [0.717, 1.165) is 29.9 Å². The zero-order chi connectivity index (χ0) is 13.9. The first-order valence-corrected chi connectivity index (χ1v) is 7.39. The van der Waals surface area contributed by atoms with Crippen LogP contribution in [0.3, 0.4) is 0 Å². The highest BCUT2D eigenvalue weighted by molar-refractivity contribution is 5.84. The van der Waals surface area contributed by atoms with E-state index in [4.69, 9.17) is 10.5 Å². The van der Waals surface area contributed by atoms with Crippen molar-refractivity contribution in [1.29, 1.82) is 0 Å². The van der Waals surface area contributed by atoms with Gasteiger partial charge in [-0.05, 0) is 45.0 Å². The quantitative estimate of drug-likeness (QED) is 0.907. The number of rotatable bonds is 5. The second-order valence-corrected chi connectivity index (χ2v) is 5.23. The molecule has 0 atom stereocenters. The molecule has 1 aromatic carbocycles. The molecule has 0 spiro atoms. The number of aromatic nitrogens is 2. The summed E-state index contributed by atoms with van der Waals surface area (Å²) < 4.78 is 7.72. The van der Waals surface area contributed by atoms with Crippen LogP contribution in [-0.2, 0) is 6.54 Å². The van der Waals surface area contributed by atoms with Crippen LogP contribution in [-0.4, -0.2) is 40.7 Å². The van der Waals surface area contributed by atoms with Crippen molar-refractivity contribution in [2.75, 3.05) is 32.0 Å². The highest BCUT2D eigenvalue weighted by Crippen LogP contribution is 2.27. The fourth-order valence-electron chi connectivity index (χ4n) is 2.89. The highest BCUT2D eigenvalue weighted by atomic mass is 16.5. The molecule has 1 aromatic heterocycles. The van der Waals surface area contributed by atoms with Crippen molar-refractivity contribution in [1.82, 2.24) is 14.5 Å². The fraction of sp³-hybridized carbons (Fsp3) is 0.533. The lowest BCUT2D eigenvalue weighted by molar-refractivity contribution is 0.325. The Kier molecular flexibility index (Phi) is 3.78. The Hall–Kier alpha value is -1.75. The summed E-state index contributed by atoms with van der Waals surface area (Å²) in [6.45, 7) is 6.95. The van der Waals surface area contributed by atoms with Gasteiger partial charge in [-0.3, -0.25) is 0 Å². The average molecular weight is 274 g/mol. The van der Waals surface area contributed by atoms with Crippen LogP contribution in [0, 0.1) is 0 Å². The molecule has 5 nitrogen and oxygen atoms in total. The van der Waals surface area contributed by atoms with E-state index in [1.165, 1.54) is 25.9 Å². The summed E-state index contributed by atoms with van der Waals surface area (Å²) >= 11 is 0. The molecule has 20 heavy (non-hydrogen) atoms. The maximum absolute atomic E-state index is 6.08. The van der Waals surface area contributed by atoms with E-state index >= 15 is 0 Å². The van der Waals surface area contributed by atoms with Gasteiger partial charge in [0.15, 0.2) is 0 Å². The molecule has 0 aliphatic carbocycles. The second kappa shape index (κ2) is 5.71. The van der Waals surface area contributed by atoms with Crippen LogP contribution < -0.4 is 10.5 Å². The summed E-state index contributed by atoms with van der Waals surface area (Å²) in [6.07, 6.45) is 2.63. The average Bonchev–Trinajstić information content (AvgIpc) is 3.05. The van der Waals surface area contributed by atoms with Gasteiger partial charge in [0, 0.05) is 13.1 Å². The number of para-hydroxylation sites is 1. The van der Waals surface area contributed by atoms with Gasteiger partial charge in [0.1, 0.15) is 11.3 Å². The molecule has 1 fully saturated rings. The Labute approximate surface area is 119 Å². The summed E-state index contributed by atoms with van der Waals surface area (Å²) in [5, 5.41) is 0. The standard InChI is InChI=1S/C15H22N4O/c1-2-20-13-7-5-6-12-14(13)17-15(16)19(12)11-10-18-8-3-4-9-18/h5-7H,2-4,8-11H2,1H3,(H2,16,17). The number of nitrogens with zero attached hydrogens (tertiary/aromatic N) is 3. The Morgan fingerprint density at radius 1 is 1.25 bits per heavy atom. The Morgan fingerprint density at radius 2 is 2.05 bits per heavy atom. The van der Waals surface area contributed by atoms with E-state index in [-0.39, 0.29) is 0 Å². The largest absolute Gasteiger partial charge is 0.492 e. The van der Waals surface area contributed by atoms with Crippen molar-refractivity contribution < 1.29 is 4.74 Å². The number of imidazole rings is 1. The summed E-state index contributed by atoms with van der Waals surface area (Å²) in [7, 11) is 0. The minimum Gasteiger partial charge on any atom is -0.492 e.